The molecule has 1 rings (SSSR count). The van der Waals surface area contributed by atoms with E-state index >= 15 is 0 Å². The van der Waals surface area contributed by atoms with Gasteiger partial charge in [0.1, 0.15) is 5.60 Å². The van der Waals surface area contributed by atoms with Gasteiger partial charge in [0, 0.05) is 13.2 Å². The molecule has 0 saturated heterocycles. The van der Waals surface area contributed by atoms with Crippen LogP contribution in [-0.2, 0) is 56.9 Å². The van der Waals surface area contributed by atoms with Crippen molar-refractivity contribution in [2.45, 2.75) is 51.0 Å². The van der Waals surface area contributed by atoms with Crippen molar-refractivity contribution in [2.75, 3.05) is 119 Å². The van der Waals surface area contributed by atoms with E-state index in [1.54, 1.807) is 12.1 Å². The molecule has 0 radical (unpaired) electrons. The third-order valence-electron chi connectivity index (χ3n) is 5.76. The number of nitrogens with one attached hydrogen (secondary N) is 1. The van der Waals surface area contributed by atoms with Gasteiger partial charge in [0.15, 0.2) is 0 Å². The zero-order valence-corrected chi connectivity index (χ0v) is 29.5. The Morgan fingerprint density at radius 3 is 1.32 bits per heavy atom. The first-order valence-electron chi connectivity index (χ1n) is 16.1. The Balaban J connectivity index is 1.70. The number of rotatable bonds is 31. The lowest BCUT2D eigenvalue weighted by atomic mass is 10.2. The molecule has 1 N–H and O–H groups in total. The Morgan fingerprint density at radius 1 is 0.574 bits per heavy atom. The van der Waals surface area contributed by atoms with E-state index < -0.39 is 21.8 Å². The van der Waals surface area contributed by atoms with Crippen molar-refractivity contribution in [1.82, 2.24) is 5.32 Å². The maximum atomic E-state index is 12.1. The van der Waals surface area contributed by atoms with E-state index in [1.165, 1.54) is 12.1 Å². The number of amides is 1. The minimum atomic E-state index is -3.78. The third kappa shape index (κ3) is 27.7. The number of aryl methyl sites for hydroxylation is 1. The van der Waals surface area contributed by atoms with Crippen LogP contribution in [0.25, 0.3) is 0 Å². The molecule has 0 heterocycles. The first kappa shape index (κ1) is 43.1. The highest BCUT2D eigenvalue weighted by Crippen LogP contribution is 2.13. The average molecular weight is 696 g/mol. The SMILES string of the molecule is Cc1ccc(S(=O)(=O)OCCOCCOCCOCCOCCOCCOCCOCCOCCCCNC(=O)OC(C)(C)C)cc1. The number of unbranched alkanes of at least 4 members (excludes halogenated alkanes) is 1. The monoisotopic (exact) mass is 695 g/mol. The van der Waals surface area contributed by atoms with E-state index in [9.17, 15) is 13.2 Å². The molecule has 0 bridgehead atoms. The standard InChI is InChI=1S/C32H57NO13S/c1-29-7-9-30(10-8-29)47(35,36)45-28-27-44-26-25-43-24-23-42-22-21-41-20-19-40-18-17-39-16-15-38-14-13-37-12-6-5-11-33-31(34)46-32(2,3)4/h7-10H,5-6,11-28H2,1-4H3,(H,33,34). The van der Waals surface area contributed by atoms with E-state index in [0.717, 1.165) is 18.4 Å². The first-order valence-corrected chi connectivity index (χ1v) is 17.6. The molecule has 0 saturated carbocycles. The zero-order valence-electron chi connectivity index (χ0n) is 28.7. The second-order valence-electron chi connectivity index (χ2n) is 11.1. The van der Waals surface area contributed by atoms with Crippen LogP contribution in [0.1, 0.15) is 39.2 Å². The zero-order chi connectivity index (χ0) is 34.5. The molecule has 1 aromatic rings. The smallest absolute Gasteiger partial charge is 0.407 e. The fourth-order valence-electron chi connectivity index (χ4n) is 3.45. The van der Waals surface area contributed by atoms with Crippen molar-refractivity contribution in [1.29, 1.82) is 0 Å². The van der Waals surface area contributed by atoms with Gasteiger partial charge in [0.2, 0.25) is 0 Å². The van der Waals surface area contributed by atoms with Gasteiger partial charge in [-0.1, -0.05) is 17.7 Å². The molecule has 0 fully saturated rings. The fourth-order valence-corrected chi connectivity index (χ4v) is 4.34. The van der Waals surface area contributed by atoms with Gasteiger partial charge in [-0.3, -0.25) is 4.18 Å². The van der Waals surface area contributed by atoms with E-state index in [-0.39, 0.29) is 18.1 Å². The lowest BCUT2D eigenvalue weighted by molar-refractivity contribution is -0.0236. The van der Waals surface area contributed by atoms with Crippen LogP contribution < -0.4 is 5.32 Å². The largest absolute Gasteiger partial charge is 0.444 e. The number of carbonyl (C=O) groups is 1. The summed E-state index contributed by atoms with van der Waals surface area (Å²) in [6.07, 6.45) is 1.27. The second-order valence-corrected chi connectivity index (χ2v) is 12.7. The van der Waals surface area contributed by atoms with Crippen LogP contribution in [-0.4, -0.2) is 139 Å². The van der Waals surface area contributed by atoms with Gasteiger partial charge in [-0.25, -0.2) is 4.79 Å². The maximum Gasteiger partial charge on any atom is 0.407 e. The van der Waals surface area contributed by atoms with E-state index in [4.69, 9.17) is 46.8 Å². The van der Waals surface area contributed by atoms with Crippen molar-refractivity contribution < 1.29 is 60.0 Å². The molecule has 0 aliphatic heterocycles. The third-order valence-corrected chi connectivity index (χ3v) is 7.09. The summed E-state index contributed by atoms with van der Waals surface area (Å²) in [5.74, 6) is 0. The van der Waals surface area contributed by atoms with Gasteiger partial charge in [-0.15, -0.1) is 0 Å². The molecule has 0 spiro atoms. The molecule has 15 heteroatoms. The Morgan fingerprint density at radius 2 is 0.936 bits per heavy atom. The summed E-state index contributed by atoms with van der Waals surface area (Å²) in [5.41, 5.74) is 0.486. The number of benzene rings is 1. The summed E-state index contributed by atoms with van der Waals surface area (Å²) in [7, 11) is -3.78. The molecule has 1 amide bonds. The van der Waals surface area contributed by atoms with Crippen molar-refractivity contribution in [3.05, 3.63) is 29.8 Å². The minimum absolute atomic E-state index is 0.0618. The molecule has 47 heavy (non-hydrogen) atoms. The van der Waals surface area contributed by atoms with E-state index in [1.807, 2.05) is 27.7 Å². The Hall–Kier alpha value is -1.92. The normalized spacial score (nSPS) is 12.0. The van der Waals surface area contributed by atoms with E-state index in [0.29, 0.717) is 106 Å². The lowest BCUT2D eigenvalue weighted by Gasteiger charge is -2.19. The van der Waals surface area contributed by atoms with Crippen LogP contribution in [0.15, 0.2) is 29.2 Å². The van der Waals surface area contributed by atoms with Gasteiger partial charge < -0.3 is 47.9 Å². The number of hydrogen-bond acceptors (Lipinski definition) is 13. The van der Waals surface area contributed by atoms with Gasteiger partial charge in [0.05, 0.1) is 111 Å². The molecular formula is C32H57NO13S. The van der Waals surface area contributed by atoms with Crippen LogP contribution >= 0.6 is 0 Å². The number of hydrogen-bond donors (Lipinski definition) is 1. The molecule has 0 aliphatic rings. The molecule has 1 aromatic carbocycles. The summed E-state index contributed by atoms with van der Waals surface area (Å²) in [6, 6.07) is 6.47. The summed E-state index contributed by atoms with van der Waals surface area (Å²) in [4.78, 5) is 11.7. The lowest BCUT2D eigenvalue weighted by Crippen LogP contribution is -2.33. The predicted molar refractivity (Wildman–Crippen MR) is 174 cm³/mol. The quantitative estimate of drug-likeness (QED) is 0.0894. The van der Waals surface area contributed by atoms with Gasteiger partial charge in [0.25, 0.3) is 10.1 Å². The summed E-state index contributed by atoms with van der Waals surface area (Å²) >= 11 is 0. The summed E-state index contributed by atoms with van der Waals surface area (Å²) < 4.78 is 77.8. The summed E-state index contributed by atoms with van der Waals surface area (Å²) in [5, 5.41) is 2.72. The Kier molecular flexibility index (Phi) is 25.7. The molecular weight excluding hydrogens is 638 g/mol. The van der Waals surface area contributed by atoms with Crippen molar-refractivity contribution in [3.8, 4) is 0 Å². The van der Waals surface area contributed by atoms with Crippen LogP contribution in [0.2, 0.25) is 0 Å². The Labute approximate surface area is 281 Å². The van der Waals surface area contributed by atoms with Crippen molar-refractivity contribution in [3.63, 3.8) is 0 Å². The maximum absolute atomic E-state index is 12.1. The van der Waals surface area contributed by atoms with Crippen molar-refractivity contribution in [2.24, 2.45) is 0 Å². The highest BCUT2D eigenvalue weighted by molar-refractivity contribution is 7.86. The molecule has 0 unspecified atom stereocenters. The van der Waals surface area contributed by atoms with Crippen LogP contribution in [0.5, 0.6) is 0 Å². The number of ether oxygens (including phenoxy) is 9. The molecule has 0 aliphatic carbocycles. The highest BCUT2D eigenvalue weighted by atomic mass is 32.2. The van der Waals surface area contributed by atoms with Gasteiger partial charge in [-0.2, -0.15) is 8.42 Å². The van der Waals surface area contributed by atoms with Gasteiger partial charge >= 0.3 is 6.09 Å². The predicted octanol–water partition coefficient (Wildman–Crippen LogP) is 3.14. The average Bonchev–Trinajstić information content (AvgIpc) is 3.01. The molecule has 14 nitrogen and oxygen atoms in total. The minimum Gasteiger partial charge on any atom is -0.444 e. The number of alkyl carbamates (subject to hydrolysis) is 1. The van der Waals surface area contributed by atoms with Crippen LogP contribution in [0, 0.1) is 6.92 Å². The molecule has 0 aromatic heterocycles. The number of carbonyl (C=O) groups excluding carboxylic acids is 1. The molecule has 274 valence electrons. The highest BCUT2D eigenvalue weighted by Gasteiger charge is 2.15. The van der Waals surface area contributed by atoms with Crippen LogP contribution in [0.3, 0.4) is 0 Å². The molecule has 0 atom stereocenters. The van der Waals surface area contributed by atoms with E-state index in [2.05, 4.69) is 5.32 Å². The van der Waals surface area contributed by atoms with Gasteiger partial charge in [-0.05, 0) is 52.7 Å². The summed E-state index contributed by atoms with van der Waals surface area (Å²) in [6.45, 7) is 15.0. The topological polar surface area (TPSA) is 156 Å². The van der Waals surface area contributed by atoms with Crippen LogP contribution in [0.4, 0.5) is 4.79 Å². The fraction of sp³-hybridized carbons (Fsp3) is 0.781. The first-order chi connectivity index (χ1) is 22.6. The van der Waals surface area contributed by atoms with Crippen molar-refractivity contribution >= 4 is 16.2 Å². The second kappa shape index (κ2) is 28.0. The Bertz CT molecular complexity index is 988.